The van der Waals surface area contributed by atoms with Gasteiger partial charge in [-0.1, -0.05) is 17.7 Å². The summed E-state index contributed by atoms with van der Waals surface area (Å²) in [5.74, 6) is 0.809. The fraction of sp³-hybridized carbons (Fsp3) is 0.467. The minimum Gasteiger partial charge on any atom is -0.313 e. The monoisotopic (exact) mass is 265 g/mol. The summed E-state index contributed by atoms with van der Waals surface area (Å²) in [5.41, 5.74) is 1.52. The second-order valence-electron chi connectivity index (χ2n) is 4.63. The number of nitrogens with one attached hydrogen (secondary N) is 1. The van der Waals surface area contributed by atoms with Crippen molar-refractivity contribution in [3.8, 4) is 0 Å². The summed E-state index contributed by atoms with van der Waals surface area (Å²) in [7, 11) is 2.01. The van der Waals surface area contributed by atoms with Crippen molar-refractivity contribution in [3.63, 3.8) is 0 Å². The number of likely N-dealkylation sites (N-methyl/N-ethyl adjacent to an activating group) is 1. The zero-order valence-corrected chi connectivity index (χ0v) is 11.6. The number of hydrogen-bond acceptors (Lipinski definition) is 2. The summed E-state index contributed by atoms with van der Waals surface area (Å²) in [4.78, 5) is 1.01. The normalized spacial score (nSPS) is 17.3. The number of thioether (sulfide) groups is 1. The zero-order valence-electron chi connectivity index (χ0n) is 10.8. The topological polar surface area (TPSA) is 12.0 Å². The molecule has 0 saturated heterocycles. The number of hydrogen-bond donors (Lipinski definition) is 1. The maximum absolute atomic E-state index is 13.1. The molecule has 0 fully saturated rings. The molecule has 0 amide bonds. The van der Waals surface area contributed by atoms with Crippen LogP contribution in [0.25, 0.3) is 0 Å². The van der Waals surface area contributed by atoms with Crippen LogP contribution in [0.5, 0.6) is 0 Å². The first-order valence-corrected chi connectivity index (χ1v) is 7.52. The van der Waals surface area contributed by atoms with Gasteiger partial charge in [0.2, 0.25) is 0 Å². The van der Waals surface area contributed by atoms with E-state index in [0.29, 0.717) is 6.04 Å². The van der Waals surface area contributed by atoms with Gasteiger partial charge in [0, 0.05) is 16.7 Å². The first-order valence-electron chi connectivity index (χ1n) is 6.54. The average molecular weight is 265 g/mol. The number of allylic oxidation sites excluding steroid dienone is 1. The lowest BCUT2D eigenvalue weighted by Gasteiger charge is -2.22. The molecule has 1 aliphatic carbocycles. The van der Waals surface area contributed by atoms with Crippen molar-refractivity contribution in [2.75, 3.05) is 12.8 Å². The molecule has 1 N–H and O–H groups in total. The fourth-order valence-electron chi connectivity index (χ4n) is 2.29. The van der Waals surface area contributed by atoms with E-state index in [1.807, 2.05) is 13.1 Å². The Kier molecular flexibility index (Phi) is 5.26. The average Bonchev–Trinajstić information content (AvgIpc) is 2.41. The van der Waals surface area contributed by atoms with Crippen molar-refractivity contribution in [1.29, 1.82) is 0 Å². The van der Waals surface area contributed by atoms with Crippen LogP contribution in [-0.2, 0) is 0 Å². The molecule has 98 valence electrons. The summed E-state index contributed by atoms with van der Waals surface area (Å²) < 4.78 is 13.1. The number of halogens is 1. The van der Waals surface area contributed by atoms with Gasteiger partial charge in [0.05, 0.1) is 0 Å². The summed E-state index contributed by atoms with van der Waals surface area (Å²) in [6, 6.07) is 7.25. The van der Waals surface area contributed by atoms with Crippen LogP contribution in [0.2, 0.25) is 0 Å². The maximum Gasteiger partial charge on any atom is 0.124 e. The summed E-state index contributed by atoms with van der Waals surface area (Å²) >= 11 is 1.72. The Balaban J connectivity index is 1.92. The van der Waals surface area contributed by atoms with Crippen LogP contribution < -0.4 is 5.32 Å². The molecule has 2 rings (SSSR count). The van der Waals surface area contributed by atoms with Gasteiger partial charge >= 0.3 is 0 Å². The SMILES string of the molecule is CNC(CSc1cccc(F)c1)C1=CCCCC1. The third-order valence-electron chi connectivity index (χ3n) is 3.33. The Bertz CT molecular complexity index is 417. The molecular weight excluding hydrogens is 245 g/mol. The second kappa shape index (κ2) is 6.95. The quantitative estimate of drug-likeness (QED) is 0.638. The Morgan fingerprint density at radius 2 is 2.28 bits per heavy atom. The molecule has 3 heteroatoms. The molecule has 1 unspecified atom stereocenters. The smallest absolute Gasteiger partial charge is 0.124 e. The van der Waals surface area contributed by atoms with Gasteiger partial charge in [0.1, 0.15) is 5.82 Å². The van der Waals surface area contributed by atoms with Crippen LogP contribution in [0.4, 0.5) is 4.39 Å². The van der Waals surface area contributed by atoms with Gasteiger partial charge in [0.25, 0.3) is 0 Å². The third-order valence-corrected chi connectivity index (χ3v) is 4.42. The lowest BCUT2D eigenvalue weighted by atomic mass is 9.95. The summed E-state index contributed by atoms with van der Waals surface area (Å²) in [6.07, 6.45) is 7.40. The van der Waals surface area contributed by atoms with Gasteiger partial charge in [0.15, 0.2) is 0 Å². The van der Waals surface area contributed by atoms with Crippen molar-refractivity contribution in [3.05, 3.63) is 41.7 Å². The Labute approximate surface area is 113 Å². The zero-order chi connectivity index (χ0) is 12.8. The van der Waals surface area contributed by atoms with Gasteiger partial charge in [-0.2, -0.15) is 0 Å². The first kappa shape index (κ1) is 13.6. The summed E-state index contributed by atoms with van der Waals surface area (Å²) in [5, 5.41) is 3.37. The molecule has 0 heterocycles. The molecule has 0 radical (unpaired) electrons. The van der Waals surface area contributed by atoms with Gasteiger partial charge in [-0.3, -0.25) is 0 Å². The summed E-state index contributed by atoms with van der Waals surface area (Å²) in [6.45, 7) is 0. The highest BCUT2D eigenvalue weighted by atomic mass is 32.2. The lowest BCUT2D eigenvalue weighted by molar-refractivity contribution is 0.607. The third kappa shape index (κ3) is 3.85. The van der Waals surface area contributed by atoms with Gasteiger partial charge < -0.3 is 5.32 Å². The first-order chi connectivity index (χ1) is 8.79. The molecule has 1 aromatic rings. The highest BCUT2D eigenvalue weighted by Crippen LogP contribution is 2.25. The van der Waals surface area contributed by atoms with Crippen LogP contribution in [0, 0.1) is 5.82 Å². The van der Waals surface area contributed by atoms with Crippen LogP contribution in [0.1, 0.15) is 25.7 Å². The second-order valence-corrected chi connectivity index (χ2v) is 5.73. The van der Waals surface area contributed by atoms with E-state index in [0.717, 1.165) is 10.6 Å². The molecule has 0 bridgehead atoms. The highest BCUT2D eigenvalue weighted by molar-refractivity contribution is 7.99. The van der Waals surface area contributed by atoms with Crippen molar-refractivity contribution in [2.24, 2.45) is 0 Å². The predicted molar refractivity (Wildman–Crippen MR) is 76.5 cm³/mol. The predicted octanol–water partition coefficient (Wildman–Crippen LogP) is 4.01. The molecular formula is C15H20FNS. The molecule has 1 aromatic carbocycles. The molecule has 1 nitrogen and oxygen atoms in total. The Hall–Kier alpha value is -0.800. The molecule has 18 heavy (non-hydrogen) atoms. The van der Waals surface area contributed by atoms with E-state index in [-0.39, 0.29) is 5.82 Å². The lowest BCUT2D eigenvalue weighted by Crippen LogP contribution is -2.30. The van der Waals surface area contributed by atoms with E-state index in [1.54, 1.807) is 23.9 Å². The van der Waals surface area contributed by atoms with E-state index in [2.05, 4.69) is 11.4 Å². The Morgan fingerprint density at radius 3 is 2.94 bits per heavy atom. The van der Waals surface area contributed by atoms with Gasteiger partial charge in [-0.25, -0.2) is 4.39 Å². The van der Waals surface area contributed by atoms with Gasteiger partial charge in [-0.05, 0) is 50.9 Å². The fourth-order valence-corrected chi connectivity index (χ4v) is 3.40. The molecule has 0 saturated carbocycles. The van der Waals surface area contributed by atoms with E-state index in [4.69, 9.17) is 0 Å². The molecule has 1 aliphatic rings. The minimum atomic E-state index is -0.155. The van der Waals surface area contributed by atoms with Crippen molar-refractivity contribution < 1.29 is 4.39 Å². The highest BCUT2D eigenvalue weighted by Gasteiger charge is 2.14. The van der Waals surface area contributed by atoms with E-state index < -0.39 is 0 Å². The molecule has 0 spiro atoms. The minimum absolute atomic E-state index is 0.155. The standard InChI is InChI=1S/C15H20FNS/c1-17-15(12-6-3-2-4-7-12)11-18-14-9-5-8-13(16)10-14/h5-6,8-10,15,17H,2-4,7,11H2,1H3. The number of benzene rings is 1. The van der Waals surface area contributed by atoms with E-state index in [1.165, 1.54) is 37.3 Å². The van der Waals surface area contributed by atoms with Crippen LogP contribution in [0.15, 0.2) is 40.8 Å². The Morgan fingerprint density at radius 1 is 1.39 bits per heavy atom. The number of rotatable bonds is 5. The van der Waals surface area contributed by atoms with E-state index in [9.17, 15) is 4.39 Å². The van der Waals surface area contributed by atoms with Crippen LogP contribution >= 0.6 is 11.8 Å². The van der Waals surface area contributed by atoms with Crippen LogP contribution in [0.3, 0.4) is 0 Å². The largest absolute Gasteiger partial charge is 0.313 e. The van der Waals surface area contributed by atoms with Crippen molar-refractivity contribution >= 4 is 11.8 Å². The van der Waals surface area contributed by atoms with Crippen LogP contribution in [-0.4, -0.2) is 18.8 Å². The molecule has 0 aromatic heterocycles. The van der Waals surface area contributed by atoms with Gasteiger partial charge in [-0.15, -0.1) is 11.8 Å². The van der Waals surface area contributed by atoms with Crippen molar-refractivity contribution in [1.82, 2.24) is 5.32 Å². The van der Waals surface area contributed by atoms with E-state index >= 15 is 0 Å². The molecule has 0 aliphatic heterocycles. The molecule has 1 atom stereocenters. The van der Waals surface area contributed by atoms with Crippen molar-refractivity contribution in [2.45, 2.75) is 36.6 Å². The maximum atomic E-state index is 13.1.